The lowest BCUT2D eigenvalue weighted by Crippen LogP contribution is -2.33. The summed E-state index contributed by atoms with van der Waals surface area (Å²) >= 11 is 12.1. The first-order chi connectivity index (χ1) is 15.0. The summed E-state index contributed by atoms with van der Waals surface area (Å²) in [4.78, 5) is 26.9. The number of hydrogen-bond donors (Lipinski definition) is 0. The lowest BCUT2D eigenvalue weighted by atomic mass is 10.2. The molecular formula is C24H19Cl2NO4. The second-order valence-electron chi connectivity index (χ2n) is 7.02. The van der Waals surface area contributed by atoms with Crippen molar-refractivity contribution < 1.29 is 19.1 Å². The number of anilines is 1. The Bertz CT molecular complexity index is 1130. The number of fused-ring (bicyclic) bond motifs is 1. The van der Waals surface area contributed by atoms with Crippen molar-refractivity contribution in [2.45, 2.75) is 13.0 Å². The van der Waals surface area contributed by atoms with Crippen LogP contribution in [0.25, 0.3) is 0 Å². The lowest BCUT2D eigenvalue weighted by Gasteiger charge is -2.17. The molecule has 1 aliphatic rings. The van der Waals surface area contributed by atoms with Crippen molar-refractivity contribution in [3.8, 4) is 5.75 Å². The quantitative estimate of drug-likeness (QED) is 0.472. The second-order valence-corrected chi connectivity index (χ2v) is 7.86. The van der Waals surface area contributed by atoms with Gasteiger partial charge in [-0.2, -0.15) is 0 Å². The number of hydrogen-bond acceptors (Lipinski definition) is 4. The van der Waals surface area contributed by atoms with Gasteiger partial charge in [-0.3, -0.25) is 4.79 Å². The van der Waals surface area contributed by atoms with Crippen molar-refractivity contribution in [3.63, 3.8) is 0 Å². The van der Waals surface area contributed by atoms with Crippen LogP contribution in [0.4, 0.5) is 5.69 Å². The topological polar surface area (TPSA) is 55.8 Å². The van der Waals surface area contributed by atoms with E-state index < -0.39 is 5.97 Å². The summed E-state index contributed by atoms with van der Waals surface area (Å²) in [6.07, 6.45) is 0.791. The van der Waals surface area contributed by atoms with Gasteiger partial charge >= 0.3 is 5.97 Å². The van der Waals surface area contributed by atoms with Crippen molar-refractivity contribution in [1.29, 1.82) is 0 Å². The first-order valence-corrected chi connectivity index (χ1v) is 10.5. The van der Waals surface area contributed by atoms with Crippen LogP contribution in [-0.4, -0.2) is 25.0 Å². The van der Waals surface area contributed by atoms with E-state index in [0.717, 1.165) is 23.2 Å². The van der Waals surface area contributed by atoms with E-state index in [-0.39, 0.29) is 24.7 Å². The first kappa shape index (κ1) is 21.2. The van der Waals surface area contributed by atoms with Crippen LogP contribution in [0.1, 0.15) is 21.5 Å². The Morgan fingerprint density at radius 1 is 0.968 bits per heavy atom. The van der Waals surface area contributed by atoms with E-state index in [1.165, 1.54) is 0 Å². The largest absolute Gasteiger partial charge is 0.488 e. The molecule has 0 saturated heterocycles. The number of nitrogens with zero attached hydrogens (tertiary/aromatic N) is 1. The van der Waals surface area contributed by atoms with E-state index in [4.69, 9.17) is 32.7 Å². The molecule has 5 nitrogen and oxygen atoms in total. The number of rotatable bonds is 6. The number of halogens is 2. The smallest absolute Gasteiger partial charge is 0.342 e. The molecule has 4 rings (SSSR count). The Labute approximate surface area is 190 Å². The van der Waals surface area contributed by atoms with E-state index in [1.54, 1.807) is 47.4 Å². The zero-order chi connectivity index (χ0) is 21.8. The van der Waals surface area contributed by atoms with Gasteiger partial charge in [-0.25, -0.2) is 4.79 Å². The molecule has 0 aliphatic carbocycles. The molecule has 0 saturated carbocycles. The van der Waals surface area contributed by atoms with Gasteiger partial charge in [-0.15, -0.1) is 0 Å². The molecule has 0 aromatic heterocycles. The van der Waals surface area contributed by atoms with Gasteiger partial charge in [0.25, 0.3) is 5.91 Å². The lowest BCUT2D eigenvalue weighted by molar-refractivity contribution is -0.121. The fraction of sp³-hybridized carbons (Fsp3) is 0.167. The monoisotopic (exact) mass is 455 g/mol. The molecule has 0 atom stereocenters. The van der Waals surface area contributed by atoms with E-state index in [9.17, 15) is 9.59 Å². The van der Waals surface area contributed by atoms with Crippen molar-refractivity contribution in [2.24, 2.45) is 0 Å². The summed E-state index contributed by atoms with van der Waals surface area (Å²) in [6, 6.07) is 19.5. The highest BCUT2D eigenvalue weighted by Gasteiger charge is 2.25. The van der Waals surface area contributed by atoms with E-state index in [1.807, 2.05) is 24.3 Å². The van der Waals surface area contributed by atoms with Crippen LogP contribution in [0, 0.1) is 0 Å². The molecule has 7 heteroatoms. The van der Waals surface area contributed by atoms with Gasteiger partial charge in [0.15, 0.2) is 6.61 Å². The average Bonchev–Trinajstić information content (AvgIpc) is 3.21. The number of esters is 1. The molecule has 3 aromatic carbocycles. The number of carbonyl (C=O) groups is 2. The number of ether oxygens (including phenoxy) is 2. The number of carbonyl (C=O) groups excluding carboxylic acids is 2. The fourth-order valence-electron chi connectivity index (χ4n) is 3.44. The molecule has 3 aromatic rings. The maximum atomic E-state index is 12.6. The molecule has 0 N–H and O–H groups in total. The van der Waals surface area contributed by atoms with Gasteiger partial charge in [0.05, 0.1) is 0 Å². The van der Waals surface area contributed by atoms with Gasteiger partial charge in [0.1, 0.15) is 17.9 Å². The number of benzene rings is 3. The molecule has 1 amide bonds. The minimum Gasteiger partial charge on any atom is -0.488 e. The third-order valence-corrected chi connectivity index (χ3v) is 5.61. The van der Waals surface area contributed by atoms with Gasteiger partial charge in [0, 0.05) is 27.8 Å². The highest BCUT2D eigenvalue weighted by molar-refractivity contribution is 6.35. The maximum Gasteiger partial charge on any atom is 0.342 e. The first-order valence-electron chi connectivity index (χ1n) is 9.74. The van der Waals surface area contributed by atoms with Crippen LogP contribution in [0.3, 0.4) is 0 Å². The number of para-hydroxylation sites is 2. The van der Waals surface area contributed by atoms with E-state index in [0.29, 0.717) is 22.3 Å². The van der Waals surface area contributed by atoms with Gasteiger partial charge in [-0.1, -0.05) is 59.6 Å². The highest BCUT2D eigenvalue weighted by atomic mass is 35.5. The Morgan fingerprint density at radius 3 is 2.58 bits per heavy atom. The predicted octanol–water partition coefficient (Wildman–Crippen LogP) is 5.32. The summed E-state index contributed by atoms with van der Waals surface area (Å²) < 4.78 is 11.1. The maximum absolute atomic E-state index is 12.6. The van der Waals surface area contributed by atoms with Crippen LogP contribution >= 0.6 is 23.2 Å². The average molecular weight is 456 g/mol. The number of amides is 1. The van der Waals surface area contributed by atoms with Crippen LogP contribution in [-0.2, 0) is 22.6 Å². The molecule has 0 spiro atoms. The molecule has 0 radical (unpaired) electrons. The summed E-state index contributed by atoms with van der Waals surface area (Å²) in [6.45, 7) is 0.394. The van der Waals surface area contributed by atoms with Crippen molar-refractivity contribution in [1.82, 2.24) is 0 Å². The molecule has 0 fully saturated rings. The Kier molecular flexibility index (Phi) is 6.44. The Hall–Kier alpha value is -3.02. The molecular weight excluding hydrogens is 437 g/mol. The molecule has 0 unspecified atom stereocenters. The standard InChI is InChI=1S/C24H19Cl2NO4/c25-18-10-9-17(20(26)13-18)14-30-22-8-4-2-6-19(22)24(29)31-15-23(28)27-12-11-16-5-1-3-7-21(16)27/h1-10,13H,11-12,14-15H2. The van der Waals surface area contributed by atoms with Crippen LogP contribution in [0.2, 0.25) is 10.0 Å². The van der Waals surface area contributed by atoms with Crippen molar-refractivity contribution in [3.05, 3.63) is 93.5 Å². The SMILES string of the molecule is O=C(OCC(=O)N1CCc2ccccc21)c1ccccc1OCc1ccc(Cl)cc1Cl. The van der Waals surface area contributed by atoms with Gasteiger partial charge < -0.3 is 14.4 Å². The normalized spacial score (nSPS) is 12.4. The zero-order valence-electron chi connectivity index (χ0n) is 16.5. The fourth-order valence-corrected chi connectivity index (χ4v) is 3.90. The Morgan fingerprint density at radius 2 is 1.74 bits per heavy atom. The minimum atomic E-state index is -0.626. The van der Waals surface area contributed by atoms with Crippen LogP contribution in [0.15, 0.2) is 66.7 Å². The molecule has 158 valence electrons. The van der Waals surface area contributed by atoms with Crippen molar-refractivity contribution in [2.75, 3.05) is 18.1 Å². The molecule has 0 bridgehead atoms. The molecule has 1 aliphatic heterocycles. The molecule has 1 heterocycles. The summed E-state index contributed by atoms with van der Waals surface area (Å²) in [7, 11) is 0. The van der Waals surface area contributed by atoms with Gasteiger partial charge in [0.2, 0.25) is 0 Å². The summed E-state index contributed by atoms with van der Waals surface area (Å²) in [5.41, 5.74) is 2.95. The summed E-state index contributed by atoms with van der Waals surface area (Å²) in [5, 5.41) is 1.01. The third kappa shape index (κ3) is 4.84. The predicted molar refractivity (Wildman–Crippen MR) is 120 cm³/mol. The van der Waals surface area contributed by atoms with Crippen LogP contribution in [0.5, 0.6) is 5.75 Å². The zero-order valence-corrected chi connectivity index (χ0v) is 18.0. The second kappa shape index (κ2) is 9.41. The van der Waals surface area contributed by atoms with E-state index >= 15 is 0 Å². The van der Waals surface area contributed by atoms with Crippen molar-refractivity contribution >= 4 is 40.8 Å². The van der Waals surface area contributed by atoms with Crippen LogP contribution < -0.4 is 9.64 Å². The van der Waals surface area contributed by atoms with Gasteiger partial charge in [-0.05, 0) is 42.3 Å². The highest BCUT2D eigenvalue weighted by Crippen LogP contribution is 2.28. The molecule has 31 heavy (non-hydrogen) atoms. The summed E-state index contributed by atoms with van der Waals surface area (Å²) in [5.74, 6) is -0.541. The Balaban J connectivity index is 1.39. The van der Waals surface area contributed by atoms with E-state index in [2.05, 4.69) is 0 Å². The third-order valence-electron chi connectivity index (χ3n) is 5.02. The minimum absolute atomic E-state index is 0.157.